The monoisotopic (exact) mass is 609 g/mol. The number of halogens is 3. The maximum Gasteiger partial charge on any atom is 0.418 e. The molecule has 0 aromatic heterocycles. The van der Waals surface area contributed by atoms with E-state index < -0.39 is 20.1 Å². The fourth-order valence-corrected chi connectivity index (χ4v) is 9.90. The SMILES string of the molecule is C=C1/C(=C\C=C2/CCC[C@]3(C)[C@@H]([C@H](C)CN4CCCC(O)(C(F)(F)F)C4)CC[C@@H]23)C[C@@H](C)C[C@@H]1O[Si](C)(C)C(C)(C)C. The van der Waals surface area contributed by atoms with Crippen molar-refractivity contribution in [2.75, 3.05) is 19.6 Å². The van der Waals surface area contributed by atoms with Gasteiger partial charge in [0.05, 0.1) is 6.10 Å². The van der Waals surface area contributed by atoms with Gasteiger partial charge in [-0.1, -0.05) is 65.8 Å². The Morgan fingerprint density at radius 3 is 2.48 bits per heavy atom. The van der Waals surface area contributed by atoms with Crippen molar-refractivity contribution in [1.82, 2.24) is 4.90 Å². The van der Waals surface area contributed by atoms with Gasteiger partial charge in [0.15, 0.2) is 13.9 Å². The number of aliphatic hydroxyl groups is 1. The molecule has 1 aliphatic heterocycles. The lowest BCUT2D eigenvalue weighted by Gasteiger charge is -2.46. The fraction of sp³-hybridized carbons (Fsp3) is 0.829. The van der Waals surface area contributed by atoms with E-state index in [9.17, 15) is 18.3 Å². The summed E-state index contributed by atoms with van der Waals surface area (Å²) >= 11 is 0. The minimum Gasteiger partial charge on any atom is -0.410 e. The van der Waals surface area contributed by atoms with E-state index in [0.717, 1.165) is 44.1 Å². The molecular formula is C35H58F3NO2Si. The summed E-state index contributed by atoms with van der Waals surface area (Å²) < 4.78 is 47.5. The predicted octanol–water partition coefficient (Wildman–Crippen LogP) is 9.46. The molecule has 0 radical (unpaired) electrons. The summed E-state index contributed by atoms with van der Waals surface area (Å²) in [6.07, 6.45) is 8.31. The fourth-order valence-electron chi connectivity index (χ4n) is 8.60. The van der Waals surface area contributed by atoms with Crippen LogP contribution in [0.5, 0.6) is 0 Å². The summed E-state index contributed by atoms with van der Waals surface area (Å²) in [6.45, 7) is 24.0. The zero-order chi connectivity index (χ0) is 31.3. The molecule has 0 spiro atoms. The van der Waals surface area contributed by atoms with Gasteiger partial charge in [-0.15, -0.1) is 0 Å². The highest BCUT2D eigenvalue weighted by Gasteiger charge is 2.56. The Balaban J connectivity index is 1.46. The molecule has 3 nitrogen and oxygen atoms in total. The maximum absolute atomic E-state index is 13.6. The predicted molar refractivity (Wildman–Crippen MR) is 170 cm³/mol. The normalized spacial score (nSPS) is 38.2. The first-order valence-corrected chi connectivity index (χ1v) is 19.5. The van der Waals surface area contributed by atoms with E-state index in [-0.39, 0.29) is 29.5 Å². The van der Waals surface area contributed by atoms with Gasteiger partial charge >= 0.3 is 6.18 Å². The average molecular weight is 610 g/mol. The van der Waals surface area contributed by atoms with Gasteiger partial charge in [0.2, 0.25) is 0 Å². The van der Waals surface area contributed by atoms with E-state index in [0.29, 0.717) is 43.2 Å². The van der Waals surface area contributed by atoms with Crippen molar-refractivity contribution in [3.8, 4) is 0 Å². The Labute approximate surface area is 255 Å². The molecule has 0 amide bonds. The number of hydrogen-bond donors (Lipinski definition) is 1. The molecule has 1 heterocycles. The lowest BCUT2D eigenvalue weighted by molar-refractivity contribution is -0.274. The molecule has 7 heteroatoms. The molecule has 42 heavy (non-hydrogen) atoms. The molecule has 3 aliphatic carbocycles. The van der Waals surface area contributed by atoms with Crippen LogP contribution in [-0.4, -0.2) is 55.8 Å². The summed E-state index contributed by atoms with van der Waals surface area (Å²) in [4.78, 5) is 1.88. The van der Waals surface area contributed by atoms with Crippen LogP contribution in [0.4, 0.5) is 13.2 Å². The van der Waals surface area contributed by atoms with Gasteiger partial charge in [-0.3, -0.25) is 4.90 Å². The smallest absolute Gasteiger partial charge is 0.410 e. The summed E-state index contributed by atoms with van der Waals surface area (Å²) in [5.74, 6) is 1.86. The highest BCUT2D eigenvalue weighted by molar-refractivity contribution is 6.74. The van der Waals surface area contributed by atoms with E-state index >= 15 is 0 Å². The molecule has 4 fully saturated rings. The third-order valence-corrected chi connectivity index (χ3v) is 16.6. The largest absolute Gasteiger partial charge is 0.418 e. The van der Waals surface area contributed by atoms with Crippen LogP contribution in [0, 0.1) is 29.1 Å². The van der Waals surface area contributed by atoms with Crippen molar-refractivity contribution in [2.24, 2.45) is 29.1 Å². The summed E-state index contributed by atoms with van der Waals surface area (Å²) in [5, 5.41) is 10.5. The van der Waals surface area contributed by atoms with Gasteiger partial charge in [0.25, 0.3) is 0 Å². The lowest BCUT2D eigenvalue weighted by atomic mass is 9.61. The zero-order valence-electron chi connectivity index (χ0n) is 27.7. The average Bonchev–Trinajstić information content (AvgIpc) is 3.21. The number of nitrogens with zero attached hydrogens (tertiary/aromatic N) is 1. The van der Waals surface area contributed by atoms with Gasteiger partial charge in [-0.2, -0.15) is 13.2 Å². The van der Waals surface area contributed by atoms with Gasteiger partial charge in [0, 0.05) is 13.1 Å². The number of alkyl halides is 3. The molecule has 3 saturated carbocycles. The second kappa shape index (κ2) is 12.1. The molecule has 4 aliphatic rings. The number of allylic oxidation sites excluding steroid dienone is 3. The third-order valence-electron chi connectivity index (χ3n) is 12.1. The number of fused-ring (bicyclic) bond motifs is 1. The zero-order valence-corrected chi connectivity index (χ0v) is 28.7. The molecule has 1 N–H and O–H groups in total. The standard InChI is InChI=1S/C35H58F3NO2Si/c1-24-20-28(26(3)31(21-24)41-42(8,9)32(4,5)6)14-13-27-12-10-17-33(7)29(15-16-30(27)33)25(2)22-39-19-11-18-34(40,23-39)35(36,37)38/h13-14,24-25,29-31,40H,3,10-12,15-23H2,1-2,4-9H3/b27-13+,28-14-/t24-,25-,29-,30+,31+,33-,34?/m1/s1. The second-order valence-electron chi connectivity index (χ2n) is 16.3. The van der Waals surface area contributed by atoms with E-state index in [4.69, 9.17) is 4.43 Å². The van der Waals surface area contributed by atoms with Crippen molar-refractivity contribution in [1.29, 1.82) is 0 Å². The van der Waals surface area contributed by atoms with Crippen LogP contribution >= 0.6 is 0 Å². The Morgan fingerprint density at radius 1 is 1.14 bits per heavy atom. The number of rotatable bonds is 6. The van der Waals surface area contributed by atoms with Crippen molar-refractivity contribution < 1.29 is 22.7 Å². The molecule has 1 unspecified atom stereocenters. The van der Waals surface area contributed by atoms with Gasteiger partial charge < -0.3 is 9.53 Å². The molecule has 240 valence electrons. The summed E-state index contributed by atoms with van der Waals surface area (Å²) in [5.41, 5.74) is 1.64. The van der Waals surface area contributed by atoms with Crippen LogP contribution in [0.2, 0.25) is 18.1 Å². The summed E-state index contributed by atoms with van der Waals surface area (Å²) in [7, 11) is -1.90. The van der Waals surface area contributed by atoms with E-state index in [2.05, 4.69) is 73.4 Å². The first kappa shape index (κ1) is 34.0. The number of hydrogen-bond acceptors (Lipinski definition) is 3. The van der Waals surface area contributed by atoms with Crippen LogP contribution < -0.4 is 0 Å². The molecule has 0 aromatic rings. The van der Waals surface area contributed by atoms with Crippen molar-refractivity contribution in [2.45, 2.75) is 135 Å². The molecule has 7 atom stereocenters. The van der Waals surface area contributed by atoms with Crippen molar-refractivity contribution >= 4 is 8.32 Å². The van der Waals surface area contributed by atoms with Crippen LogP contribution in [0.15, 0.2) is 35.5 Å². The topological polar surface area (TPSA) is 32.7 Å². The molecule has 0 aromatic carbocycles. The Hall–Kier alpha value is -0.893. The minimum absolute atomic E-state index is 0.0948. The van der Waals surface area contributed by atoms with Gasteiger partial charge in [-0.05, 0) is 123 Å². The van der Waals surface area contributed by atoms with E-state index in [1.54, 1.807) is 5.57 Å². The van der Waals surface area contributed by atoms with Crippen LogP contribution in [0.25, 0.3) is 0 Å². The highest BCUT2D eigenvalue weighted by Crippen LogP contribution is 2.59. The quantitative estimate of drug-likeness (QED) is 0.305. The van der Waals surface area contributed by atoms with E-state index in [1.807, 2.05) is 4.90 Å². The summed E-state index contributed by atoms with van der Waals surface area (Å²) in [6, 6.07) is 0. The molecular weight excluding hydrogens is 551 g/mol. The molecule has 4 rings (SSSR count). The van der Waals surface area contributed by atoms with E-state index in [1.165, 1.54) is 12.0 Å². The van der Waals surface area contributed by atoms with Crippen LogP contribution in [-0.2, 0) is 4.43 Å². The minimum atomic E-state index is -4.57. The number of likely N-dealkylation sites (tertiary alicyclic amines) is 1. The highest BCUT2D eigenvalue weighted by atomic mass is 28.4. The Morgan fingerprint density at radius 2 is 1.83 bits per heavy atom. The maximum atomic E-state index is 13.6. The molecule has 0 bridgehead atoms. The van der Waals surface area contributed by atoms with Crippen LogP contribution in [0.1, 0.15) is 99.3 Å². The first-order valence-electron chi connectivity index (χ1n) is 16.6. The van der Waals surface area contributed by atoms with Crippen molar-refractivity contribution in [3.63, 3.8) is 0 Å². The lowest BCUT2D eigenvalue weighted by Crippen LogP contribution is -2.57. The van der Waals surface area contributed by atoms with Crippen molar-refractivity contribution in [3.05, 3.63) is 35.5 Å². The number of β-amino-alcohol motifs (C(OH)–C–C–N with tert-alkyl or cyclic N) is 1. The first-order chi connectivity index (χ1) is 19.3. The van der Waals surface area contributed by atoms with Crippen LogP contribution in [0.3, 0.4) is 0 Å². The van der Waals surface area contributed by atoms with Gasteiger partial charge in [-0.25, -0.2) is 0 Å². The third kappa shape index (κ3) is 6.84. The number of piperidine rings is 1. The van der Waals surface area contributed by atoms with Gasteiger partial charge in [0.1, 0.15) is 0 Å². The molecule has 1 saturated heterocycles. The Bertz CT molecular complexity index is 1060. The Kier molecular flexibility index (Phi) is 9.82. The second-order valence-corrected chi connectivity index (χ2v) is 21.1.